The van der Waals surface area contributed by atoms with Crippen LogP contribution < -0.4 is 0 Å². The Morgan fingerprint density at radius 1 is 1.44 bits per heavy atom. The van der Waals surface area contributed by atoms with E-state index in [1.54, 1.807) is 12.1 Å². The molecule has 1 unspecified atom stereocenters. The number of carboxylic acids is 1. The molecule has 0 aromatic heterocycles. The van der Waals surface area contributed by atoms with Gasteiger partial charge in [0.15, 0.2) is 0 Å². The van der Waals surface area contributed by atoms with Crippen LogP contribution in [0, 0.1) is 11.7 Å². The first-order valence-electron chi connectivity index (χ1n) is 6.25. The summed E-state index contributed by atoms with van der Waals surface area (Å²) in [6.45, 7) is 0. The number of aliphatic carboxylic acids is 1. The maximum Gasteiger partial charge on any atom is 0.303 e. The van der Waals surface area contributed by atoms with Gasteiger partial charge in [0.1, 0.15) is 5.82 Å². The molecule has 1 aliphatic rings. The number of halogens is 2. The Morgan fingerprint density at radius 3 is 2.67 bits per heavy atom. The van der Waals surface area contributed by atoms with E-state index in [1.807, 2.05) is 0 Å². The largest absolute Gasteiger partial charge is 0.481 e. The maximum absolute atomic E-state index is 13.9. The maximum atomic E-state index is 13.9. The summed E-state index contributed by atoms with van der Waals surface area (Å²) in [6, 6.07) is 4.53. The molecule has 1 aliphatic carbocycles. The van der Waals surface area contributed by atoms with Crippen molar-refractivity contribution in [1.82, 2.24) is 0 Å². The Kier molecular flexibility index (Phi) is 4.23. The molecule has 2 rings (SSSR count). The van der Waals surface area contributed by atoms with Gasteiger partial charge in [-0.2, -0.15) is 0 Å². The first-order chi connectivity index (χ1) is 8.59. The van der Waals surface area contributed by atoms with Gasteiger partial charge in [-0.15, -0.1) is 0 Å². The number of carbonyl (C=O) groups is 1. The minimum absolute atomic E-state index is 0.0503. The molecule has 1 aromatic carbocycles. The molecule has 0 radical (unpaired) electrons. The number of hydrogen-bond acceptors (Lipinski definition) is 1. The normalized spacial score (nSPS) is 17.9. The van der Waals surface area contributed by atoms with E-state index < -0.39 is 5.97 Å². The first kappa shape index (κ1) is 13.3. The minimum Gasteiger partial charge on any atom is -0.481 e. The quantitative estimate of drug-likeness (QED) is 0.889. The van der Waals surface area contributed by atoms with Crippen molar-refractivity contribution in [3.8, 4) is 0 Å². The standard InChI is InChI=1S/C14H16ClFO2/c15-11-6-3-7-12(16)14(11)10(8-13(17)18)9-4-1-2-5-9/h3,6-7,9-10H,1-2,4-5,8H2,(H,17,18). The zero-order valence-electron chi connectivity index (χ0n) is 10.0. The minimum atomic E-state index is -0.897. The van der Waals surface area contributed by atoms with E-state index >= 15 is 0 Å². The van der Waals surface area contributed by atoms with Crippen LogP contribution >= 0.6 is 11.6 Å². The molecule has 18 heavy (non-hydrogen) atoms. The van der Waals surface area contributed by atoms with E-state index in [2.05, 4.69) is 0 Å². The van der Waals surface area contributed by atoms with Crippen molar-refractivity contribution >= 4 is 17.6 Å². The highest BCUT2D eigenvalue weighted by atomic mass is 35.5. The summed E-state index contributed by atoms with van der Waals surface area (Å²) in [5.41, 5.74) is 0.383. The summed E-state index contributed by atoms with van der Waals surface area (Å²) in [6.07, 6.45) is 4.05. The molecule has 1 fully saturated rings. The Hall–Kier alpha value is -1.09. The molecule has 1 N–H and O–H groups in total. The third-order valence-electron chi connectivity index (χ3n) is 3.73. The Bertz CT molecular complexity index is 421. The molecule has 98 valence electrons. The third-order valence-corrected chi connectivity index (χ3v) is 4.06. The highest BCUT2D eigenvalue weighted by Gasteiger charge is 2.31. The second kappa shape index (κ2) is 5.70. The van der Waals surface area contributed by atoms with Crippen LogP contribution in [-0.2, 0) is 4.79 Å². The molecule has 1 aromatic rings. The molecule has 2 nitrogen and oxygen atoms in total. The molecule has 0 bridgehead atoms. The van der Waals surface area contributed by atoms with Crippen LogP contribution in [0.5, 0.6) is 0 Å². The SMILES string of the molecule is O=C(O)CC(c1c(F)cccc1Cl)C1CCCC1. The molecule has 0 aliphatic heterocycles. The van der Waals surface area contributed by atoms with Gasteiger partial charge in [0.05, 0.1) is 6.42 Å². The van der Waals surface area contributed by atoms with Crippen LogP contribution in [0.25, 0.3) is 0 Å². The van der Waals surface area contributed by atoms with Crippen molar-refractivity contribution in [3.63, 3.8) is 0 Å². The van der Waals surface area contributed by atoms with E-state index in [0.29, 0.717) is 10.6 Å². The van der Waals surface area contributed by atoms with Crippen LogP contribution in [0.3, 0.4) is 0 Å². The lowest BCUT2D eigenvalue weighted by Crippen LogP contribution is -2.16. The molecule has 0 saturated heterocycles. The van der Waals surface area contributed by atoms with Crippen LogP contribution in [0.2, 0.25) is 5.02 Å². The van der Waals surface area contributed by atoms with Crippen molar-refractivity contribution in [1.29, 1.82) is 0 Å². The number of carboxylic acid groups (broad SMARTS) is 1. The Labute approximate surface area is 111 Å². The van der Waals surface area contributed by atoms with Crippen molar-refractivity contribution < 1.29 is 14.3 Å². The fourth-order valence-electron chi connectivity index (χ4n) is 2.92. The number of hydrogen-bond donors (Lipinski definition) is 1. The fraction of sp³-hybridized carbons (Fsp3) is 0.500. The molecule has 0 spiro atoms. The second-order valence-corrected chi connectivity index (χ2v) is 5.29. The van der Waals surface area contributed by atoms with Crippen molar-refractivity contribution in [3.05, 3.63) is 34.6 Å². The molecular weight excluding hydrogens is 255 g/mol. The average molecular weight is 271 g/mol. The predicted octanol–water partition coefficient (Wildman–Crippen LogP) is 4.23. The van der Waals surface area contributed by atoms with Crippen LogP contribution in [-0.4, -0.2) is 11.1 Å². The Morgan fingerprint density at radius 2 is 2.11 bits per heavy atom. The second-order valence-electron chi connectivity index (χ2n) is 4.88. The lowest BCUT2D eigenvalue weighted by molar-refractivity contribution is -0.137. The summed E-state index contributed by atoms with van der Waals surface area (Å²) >= 11 is 6.05. The van der Waals surface area contributed by atoms with Crippen molar-refractivity contribution in [2.24, 2.45) is 5.92 Å². The number of rotatable bonds is 4. The first-order valence-corrected chi connectivity index (χ1v) is 6.63. The highest BCUT2D eigenvalue weighted by molar-refractivity contribution is 6.31. The van der Waals surface area contributed by atoms with Gasteiger partial charge in [0, 0.05) is 16.5 Å². The zero-order valence-corrected chi connectivity index (χ0v) is 10.8. The van der Waals surface area contributed by atoms with Gasteiger partial charge in [-0.25, -0.2) is 4.39 Å². The highest BCUT2D eigenvalue weighted by Crippen LogP contribution is 2.42. The summed E-state index contributed by atoms with van der Waals surface area (Å²) in [4.78, 5) is 11.0. The van der Waals surface area contributed by atoms with Crippen molar-refractivity contribution in [2.75, 3.05) is 0 Å². The molecule has 1 atom stereocenters. The van der Waals surface area contributed by atoms with Gasteiger partial charge in [0.25, 0.3) is 0 Å². The molecular formula is C14H16ClFO2. The monoisotopic (exact) mass is 270 g/mol. The van der Waals surface area contributed by atoms with Gasteiger partial charge >= 0.3 is 5.97 Å². The smallest absolute Gasteiger partial charge is 0.303 e. The fourth-order valence-corrected chi connectivity index (χ4v) is 3.22. The van der Waals surface area contributed by atoms with E-state index in [4.69, 9.17) is 16.7 Å². The van der Waals surface area contributed by atoms with E-state index in [0.717, 1.165) is 25.7 Å². The van der Waals surface area contributed by atoms with Crippen LogP contribution in [0.1, 0.15) is 43.6 Å². The van der Waals surface area contributed by atoms with Crippen LogP contribution in [0.4, 0.5) is 4.39 Å². The third kappa shape index (κ3) is 2.83. The zero-order chi connectivity index (χ0) is 13.1. The average Bonchev–Trinajstić information content (AvgIpc) is 2.80. The molecule has 4 heteroatoms. The molecule has 1 saturated carbocycles. The summed E-state index contributed by atoms with van der Waals surface area (Å²) in [7, 11) is 0. The number of benzene rings is 1. The predicted molar refractivity (Wildman–Crippen MR) is 68.4 cm³/mol. The van der Waals surface area contributed by atoms with Crippen molar-refractivity contribution in [2.45, 2.75) is 38.0 Å². The summed E-state index contributed by atoms with van der Waals surface area (Å²) in [5, 5.41) is 9.36. The van der Waals surface area contributed by atoms with E-state index in [-0.39, 0.29) is 24.1 Å². The van der Waals surface area contributed by atoms with E-state index in [1.165, 1.54) is 6.07 Å². The molecule has 0 heterocycles. The lowest BCUT2D eigenvalue weighted by Gasteiger charge is -2.23. The van der Waals surface area contributed by atoms with Gasteiger partial charge in [0.2, 0.25) is 0 Å². The summed E-state index contributed by atoms with van der Waals surface area (Å²) < 4.78 is 13.9. The lowest BCUT2D eigenvalue weighted by atomic mass is 9.82. The van der Waals surface area contributed by atoms with Gasteiger partial charge in [-0.1, -0.05) is 30.5 Å². The summed E-state index contributed by atoms with van der Waals surface area (Å²) in [5.74, 6) is -1.36. The van der Waals surface area contributed by atoms with Gasteiger partial charge < -0.3 is 5.11 Å². The molecule has 0 amide bonds. The van der Waals surface area contributed by atoms with Gasteiger partial charge in [-0.05, 0) is 30.9 Å². The van der Waals surface area contributed by atoms with Crippen LogP contribution in [0.15, 0.2) is 18.2 Å². The Balaban J connectivity index is 2.35. The van der Waals surface area contributed by atoms with Gasteiger partial charge in [-0.3, -0.25) is 4.79 Å². The topological polar surface area (TPSA) is 37.3 Å². The van der Waals surface area contributed by atoms with E-state index in [9.17, 15) is 9.18 Å².